The minimum atomic E-state index is -3.56. The first-order valence-corrected chi connectivity index (χ1v) is 14.4. The van der Waals surface area contributed by atoms with Gasteiger partial charge in [0.25, 0.3) is 0 Å². The fraction of sp³-hybridized carbons (Fsp3) is 0.481. The molecule has 9 nitrogen and oxygen atoms in total. The summed E-state index contributed by atoms with van der Waals surface area (Å²) in [5, 5.41) is 2.85. The Balaban J connectivity index is 2.14. The van der Waals surface area contributed by atoms with Crippen LogP contribution in [0.5, 0.6) is 11.5 Å². The lowest BCUT2D eigenvalue weighted by Crippen LogP contribution is -2.47. The zero-order valence-corrected chi connectivity index (χ0v) is 23.2. The molecule has 0 aliphatic carbocycles. The molecule has 10 heteroatoms. The molecule has 37 heavy (non-hydrogen) atoms. The van der Waals surface area contributed by atoms with Gasteiger partial charge in [0.2, 0.25) is 21.8 Å². The second-order valence-corrected chi connectivity index (χ2v) is 10.6. The Morgan fingerprint density at radius 2 is 1.62 bits per heavy atom. The molecule has 0 spiro atoms. The van der Waals surface area contributed by atoms with Crippen molar-refractivity contribution in [2.45, 2.75) is 52.6 Å². The molecule has 1 N–H and O–H groups in total. The number of sulfonamides is 1. The summed E-state index contributed by atoms with van der Waals surface area (Å²) in [5.41, 5.74) is 1.36. The van der Waals surface area contributed by atoms with Gasteiger partial charge in [-0.3, -0.25) is 13.9 Å². The van der Waals surface area contributed by atoms with E-state index in [1.54, 1.807) is 50.4 Å². The second-order valence-electron chi connectivity index (χ2n) is 8.70. The van der Waals surface area contributed by atoms with Crippen LogP contribution in [-0.4, -0.2) is 64.2 Å². The van der Waals surface area contributed by atoms with Gasteiger partial charge in [-0.15, -0.1) is 0 Å². The summed E-state index contributed by atoms with van der Waals surface area (Å²) in [5.74, 6) is 0.899. The SMILES string of the molecule is CCCNC(=O)[C@@H](C)N(Cc1ccc(OC)cc1)C(=O)CCCN(c1ccc(OCC)cc1)S(C)(=O)=O. The Labute approximate surface area is 220 Å². The van der Waals surface area contributed by atoms with E-state index in [-0.39, 0.29) is 31.3 Å². The minimum absolute atomic E-state index is 0.0879. The van der Waals surface area contributed by atoms with Gasteiger partial charge in [-0.2, -0.15) is 0 Å². The molecule has 0 heterocycles. The predicted octanol–water partition coefficient (Wildman–Crippen LogP) is 3.58. The van der Waals surface area contributed by atoms with Crippen molar-refractivity contribution in [3.8, 4) is 11.5 Å². The molecule has 1 atom stereocenters. The zero-order chi connectivity index (χ0) is 27.4. The number of ether oxygens (including phenoxy) is 2. The topological polar surface area (TPSA) is 105 Å². The van der Waals surface area contributed by atoms with Crippen molar-refractivity contribution in [2.75, 3.05) is 37.4 Å². The number of hydrogen-bond donors (Lipinski definition) is 1. The summed E-state index contributed by atoms with van der Waals surface area (Å²) >= 11 is 0. The van der Waals surface area contributed by atoms with E-state index in [0.717, 1.165) is 18.2 Å². The largest absolute Gasteiger partial charge is 0.497 e. The molecule has 2 aromatic rings. The molecule has 2 rings (SSSR count). The van der Waals surface area contributed by atoms with Gasteiger partial charge >= 0.3 is 0 Å². The summed E-state index contributed by atoms with van der Waals surface area (Å²) in [4.78, 5) is 27.5. The van der Waals surface area contributed by atoms with Crippen molar-refractivity contribution in [1.82, 2.24) is 10.2 Å². The number of rotatable bonds is 15. The molecule has 0 unspecified atom stereocenters. The molecule has 0 saturated heterocycles. The highest BCUT2D eigenvalue weighted by Gasteiger charge is 2.26. The molecule has 2 aromatic carbocycles. The van der Waals surface area contributed by atoms with E-state index in [2.05, 4.69) is 5.32 Å². The third-order valence-corrected chi connectivity index (χ3v) is 7.01. The van der Waals surface area contributed by atoms with Crippen molar-refractivity contribution in [1.29, 1.82) is 0 Å². The molecular formula is C27H39N3O6S. The lowest BCUT2D eigenvalue weighted by Gasteiger charge is -2.29. The molecule has 0 saturated carbocycles. The van der Waals surface area contributed by atoms with Gasteiger partial charge in [0.05, 0.1) is 25.7 Å². The predicted molar refractivity (Wildman–Crippen MR) is 145 cm³/mol. The van der Waals surface area contributed by atoms with Crippen LogP contribution < -0.4 is 19.1 Å². The van der Waals surface area contributed by atoms with Gasteiger partial charge in [-0.25, -0.2) is 8.42 Å². The number of methoxy groups -OCH3 is 1. The summed E-state index contributed by atoms with van der Waals surface area (Å²) in [6.45, 7) is 6.96. The van der Waals surface area contributed by atoms with Crippen LogP contribution in [0.3, 0.4) is 0 Å². The monoisotopic (exact) mass is 533 g/mol. The second kappa shape index (κ2) is 14.5. The smallest absolute Gasteiger partial charge is 0.242 e. The van der Waals surface area contributed by atoms with Crippen LogP contribution in [0.25, 0.3) is 0 Å². The molecule has 0 aliphatic rings. The maximum atomic E-state index is 13.3. The van der Waals surface area contributed by atoms with Crippen molar-refractivity contribution in [3.05, 3.63) is 54.1 Å². The highest BCUT2D eigenvalue weighted by Crippen LogP contribution is 2.23. The molecule has 204 valence electrons. The van der Waals surface area contributed by atoms with Gasteiger partial charge in [0.15, 0.2) is 0 Å². The first kappa shape index (κ1) is 30.0. The third kappa shape index (κ3) is 9.27. The Morgan fingerprint density at radius 1 is 1.00 bits per heavy atom. The third-order valence-electron chi connectivity index (χ3n) is 5.82. The quantitative estimate of drug-likeness (QED) is 0.375. The van der Waals surface area contributed by atoms with E-state index in [4.69, 9.17) is 9.47 Å². The van der Waals surface area contributed by atoms with Crippen molar-refractivity contribution >= 4 is 27.5 Å². The first-order chi connectivity index (χ1) is 17.6. The van der Waals surface area contributed by atoms with Crippen LogP contribution >= 0.6 is 0 Å². The number of hydrogen-bond acceptors (Lipinski definition) is 6. The number of carbonyl (C=O) groups is 2. The van der Waals surface area contributed by atoms with Crippen molar-refractivity contribution in [2.24, 2.45) is 0 Å². The highest BCUT2D eigenvalue weighted by molar-refractivity contribution is 7.92. The van der Waals surface area contributed by atoms with Gasteiger partial charge in [-0.05, 0) is 68.7 Å². The van der Waals surface area contributed by atoms with Gasteiger partial charge in [0, 0.05) is 26.1 Å². The van der Waals surface area contributed by atoms with Gasteiger partial charge in [0.1, 0.15) is 17.5 Å². The van der Waals surface area contributed by atoms with Crippen LogP contribution in [0, 0.1) is 0 Å². The normalized spacial score (nSPS) is 11.9. The molecule has 2 amide bonds. The Bertz CT molecular complexity index is 1100. The Morgan fingerprint density at radius 3 is 2.16 bits per heavy atom. The van der Waals surface area contributed by atoms with Crippen molar-refractivity contribution < 1.29 is 27.5 Å². The minimum Gasteiger partial charge on any atom is -0.497 e. The molecule has 0 fully saturated rings. The van der Waals surface area contributed by atoms with Crippen LogP contribution in [0.15, 0.2) is 48.5 Å². The molecule has 0 aromatic heterocycles. The first-order valence-electron chi connectivity index (χ1n) is 12.5. The van der Waals surface area contributed by atoms with E-state index in [0.29, 0.717) is 36.8 Å². The Hall–Kier alpha value is -3.27. The van der Waals surface area contributed by atoms with Crippen LogP contribution in [-0.2, 0) is 26.2 Å². The fourth-order valence-corrected chi connectivity index (χ4v) is 4.75. The summed E-state index contributed by atoms with van der Waals surface area (Å²) in [6, 6.07) is 13.4. The number of benzene rings is 2. The van der Waals surface area contributed by atoms with Crippen LogP contribution in [0.2, 0.25) is 0 Å². The maximum Gasteiger partial charge on any atom is 0.242 e. The number of carbonyl (C=O) groups excluding carboxylic acids is 2. The average molecular weight is 534 g/mol. The van der Waals surface area contributed by atoms with E-state index in [9.17, 15) is 18.0 Å². The molecule has 0 aliphatic heterocycles. The number of amides is 2. The van der Waals surface area contributed by atoms with Crippen LogP contribution in [0.4, 0.5) is 5.69 Å². The standard InChI is InChI=1S/C27H39N3O6S/c1-6-18-28-27(32)21(3)29(20-22-10-14-24(35-4)15-11-22)26(31)9-8-19-30(37(5,33)34)23-12-16-25(17-13-23)36-7-2/h10-17,21H,6-9,18-20H2,1-5H3,(H,28,32)/t21-/m1/s1. The van der Waals surface area contributed by atoms with Crippen molar-refractivity contribution in [3.63, 3.8) is 0 Å². The molecular weight excluding hydrogens is 494 g/mol. The van der Waals surface area contributed by atoms with E-state index in [1.807, 2.05) is 26.0 Å². The highest BCUT2D eigenvalue weighted by atomic mass is 32.2. The van der Waals surface area contributed by atoms with E-state index >= 15 is 0 Å². The van der Waals surface area contributed by atoms with E-state index < -0.39 is 16.1 Å². The summed E-state index contributed by atoms with van der Waals surface area (Å²) < 4.78 is 36.9. The fourth-order valence-electron chi connectivity index (χ4n) is 3.79. The lowest BCUT2D eigenvalue weighted by molar-refractivity contribution is -0.140. The van der Waals surface area contributed by atoms with Gasteiger partial charge in [-0.1, -0.05) is 19.1 Å². The lowest BCUT2D eigenvalue weighted by atomic mass is 10.1. The summed E-state index contributed by atoms with van der Waals surface area (Å²) in [7, 11) is -1.98. The molecule has 0 radical (unpaired) electrons. The maximum absolute atomic E-state index is 13.3. The van der Waals surface area contributed by atoms with Gasteiger partial charge < -0.3 is 19.7 Å². The zero-order valence-electron chi connectivity index (χ0n) is 22.4. The van der Waals surface area contributed by atoms with Crippen LogP contribution in [0.1, 0.15) is 45.6 Å². The van der Waals surface area contributed by atoms with E-state index in [1.165, 1.54) is 9.21 Å². The molecule has 0 bridgehead atoms. The summed E-state index contributed by atoms with van der Waals surface area (Å²) in [6.07, 6.45) is 2.31. The number of nitrogens with zero attached hydrogens (tertiary/aromatic N) is 2. The average Bonchev–Trinajstić information content (AvgIpc) is 2.88. The number of anilines is 1. The Kier molecular flexibility index (Phi) is 11.7. The number of nitrogens with one attached hydrogen (secondary N) is 1.